The van der Waals surface area contributed by atoms with E-state index in [4.69, 9.17) is 26.8 Å². The van der Waals surface area contributed by atoms with Crippen molar-refractivity contribution in [3.8, 4) is 11.5 Å². The van der Waals surface area contributed by atoms with E-state index >= 15 is 0 Å². The Morgan fingerprint density at radius 2 is 1.83 bits per heavy atom. The summed E-state index contributed by atoms with van der Waals surface area (Å²) in [4.78, 5) is 0. The Labute approximate surface area is 119 Å². The maximum absolute atomic E-state index is 6.20. The van der Waals surface area contributed by atoms with Crippen LogP contribution in [-0.2, 0) is 0 Å². The van der Waals surface area contributed by atoms with Crippen LogP contribution < -0.4 is 15.2 Å². The van der Waals surface area contributed by atoms with Crippen molar-refractivity contribution in [1.82, 2.24) is 0 Å². The minimum atomic E-state index is -0.0422. The number of benzene rings is 1. The van der Waals surface area contributed by atoms with E-state index in [1.807, 2.05) is 6.07 Å². The number of hydrogen-bond donors (Lipinski definition) is 1. The van der Waals surface area contributed by atoms with Crippen LogP contribution in [0.3, 0.4) is 0 Å². The Hall–Kier alpha value is -0.640. The molecule has 1 aliphatic rings. The fourth-order valence-electron chi connectivity index (χ4n) is 1.89. The second kappa shape index (κ2) is 6.50. The summed E-state index contributed by atoms with van der Waals surface area (Å²) in [5.74, 6) is 2.09. The Morgan fingerprint density at radius 3 is 2.44 bits per heavy atom. The minimum absolute atomic E-state index is 0. The molecule has 0 spiro atoms. The third-order valence-corrected chi connectivity index (χ3v) is 3.27. The molecule has 1 aromatic carbocycles. The molecule has 0 aromatic heterocycles. The van der Waals surface area contributed by atoms with Crippen LogP contribution in [0.4, 0.5) is 0 Å². The van der Waals surface area contributed by atoms with E-state index in [9.17, 15) is 0 Å². The van der Waals surface area contributed by atoms with Crippen molar-refractivity contribution in [2.24, 2.45) is 11.7 Å². The summed E-state index contributed by atoms with van der Waals surface area (Å²) in [5.41, 5.74) is 7.10. The first kappa shape index (κ1) is 15.4. The fraction of sp³-hybridized carbons (Fsp3) is 0.538. The molecule has 1 aliphatic heterocycles. The minimum Gasteiger partial charge on any atom is -0.454 e. The van der Waals surface area contributed by atoms with Crippen LogP contribution in [0, 0.1) is 5.92 Å². The highest BCUT2D eigenvalue weighted by molar-refractivity contribution is 6.31. The predicted molar refractivity (Wildman–Crippen MR) is 75.8 cm³/mol. The molecule has 3 nitrogen and oxygen atoms in total. The van der Waals surface area contributed by atoms with Crippen LogP contribution in [0.25, 0.3) is 0 Å². The molecular formula is C13H19Cl2NO2. The zero-order valence-corrected chi connectivity index (χ0v) is 12.2. The van der Waals surface area contributed by atoms with Gasteiger partial charge in [0.2, 0.25) is 6.79 Å². The molecule has 1 aromatic rings. The molecule has 1 atom stereocenters. The van der Waals surface area contributed by atoms with Gasteiger partial charge in [-0.25, -0.2) is 0 Å². The summed E-state index contributed by atoms with van der Waals surface area (Å²) >= 11 is 6.20. The third kappa shape index (κ3) is 3.44. The number of rotatable bonds is 4. The smallest absolute Gasteiger partial charge is 0.231 e. The summed E-state index contributed by atoms with van der Waals surface area (Å²) in [7, 11) is 0. The standard InChI is InChI=1S/C13H18ClNO2.ClH/c1-8(2)3-4-11(15)9-5-12-13(6-10(9)14)17-7-16-12;/h5-6,8,11H,3-4,7,15H2,1-2H3;1H/t11-;/m1./s1. The summed E-state index contributed by atoms with van der Waals surface area (Å²) in [5, 5.41) is 0.658. The van der Waals surface area contributed by atoms with E-state index < -0.39 is 0 Å². The number of hydrogen-bond acceptors (Lipinski definition) is 3. The summed E-state index contributed by atoms with van der Waals surface area (Å²) in [6, 6.07) is 3.64. The number of ether oxygens (including phenoxy) is 2. The normalized spacial score (nSPS) is 14.5. The maximum atomic E-state index is 6.20. The first-order valence-electron chi connectivity index (χ1n) is 5.92. The monoisotopic (exact) mass is 291 g/mol. The maximum Gasteiger partial charge on any atom is 0.231 e. The average Bonchev–Trinajstić information content (AvgIpc) is 2.71. The lowest BCUT2D eigenvalue weighted by Crippen LogP contribution is -2.11. The van der Waals surface area contributed by atoms with Crippen molar-refractivity contribution in [1.29, 1.82) is 0 Å². The van der Waals surface area contributed by atoms with Gasteiger partial charge in [0.05, 0.1) is 0 Å². The number of halogens is 2. The van der Waals surface area contributed by atoms with E-state index in [1.165, 1.54) is 0 Å². The van der Waals surface area contributed by atoms with E-state index in [1.54, 1.807) is 6.07 Å². The lowest BCUT2D eigenvalue weighted by molar-refractivity contribution is 0.174. The molecule has 0 fully saturated rings. The molecule has 0 unspecified atom stereocenters. The van der Waals surface area contributed by atoms with E-state index in [-0.39, 0.29) is 25.2 Å². The highest BCUT2D eigenvalue weighted by Crippen LogP contribution is 2.39. The topological polar surface area (TPSA) is 44.5 Å². The van der Waals surface area contributed by atoms with Gasteiger partial charge >= 0.3 is 0 Å². The lowest BCUT2D eigenvalue weighted by Gasteiger charge is -2.15. The van der Waals surface area contributed by atoms with Gasteiger partial charge in [-0.3, -0.25) is 0 Å². The Morgan fingerprint density at radius 1 is 1.22 bits per heavy atom. The van der Waals surface area contributed by atoms with E-state index in [0.29, 0.717) is 16.7 Å². The highest BCUT2D eigenvalue weighted by atomic mass is 35.5. The van der Waals surface area contributed by atoms with Gasteiger partial charge in [0.1, 0.15) is 0 Å². The first-order valence-corrected chi connectivity index (χ1v) is 6.30. The van der Waals surface area contributed by atoms with Crippen LogP contribution in [0.1, 0.15) is 38.3 Å². The summed E-state index contributed by atoms with van der Waals surface area (Å²) < 4.78 is 10.6. The zero-order valence-electron chi connectivity index (χ0n) is 10.6. The molecule has 102 valence electrons. The van der Waals surface area contributed by atoms with Crippen LogP contribution >= 0.6 is 24.0 Å². The van der Waals surface area contributed by atoms with Gasteiger partial charge in [0.25, 0.3) is 0 Å². The second-order valence-electron chi connectivity index (χ2n) is 4.80. The largest absolute Gasteiger partial charge is 0.454 e. The van der Waals surface area contributed by atoms with Gasteiger partial charge in [0.15, 0.2) is 11.5 Å². The fourth-order valence-corrected chi connectivity index (χ4v) is 2.18. The lowest BCUT2D eigenvalue weighted by atomic mass is 9.98. The molecule has 0 aliphatic carbocycles. The Balaban J connectivity index is 0.00000162. The molecule has 18 heavy (non-hydrogen) atoms. The van der Waals surface area contributed by atoms with Crippen LogP contribution in [0.2, 0.25) is 5.02 Å². The van der Waals surface area contributed by atoms with Gasteiger partial charge in [0, 0.05) is 17.1 Å². The Kier molecular flexibility index (Phi) is 5.57. The van der Waals surface area contributed by atoms with Crippen LogP contribution in [-0.4, -0.2) is 6.79 Å². The van der Waals surface area contributed by atoms with Crippen molar-refractivity contribution in [3.63, 3.8) is 0 Å². The number of nitrogens with two attached hydrogens (primary N) is 1. The van der Waals surface area contributed by atoms with Gasteiger partial charge in [-0.1, -0.05) is 25.4 Å². The van der Waals surface area contributed by atoms with E-state index in [0.717, 1.165) is 24.2 Å². The summed E-state index contributed by atoms with van der Waals surface area (Å²) in [6.07, 6.45) is 2.02. The first-order chi connectivity index (χ1) is 8.08. The molecule has 2 N–H and O–H groups in total. The molecule has 0 radical (unpaired) electrons. The van der Waals surface area contributed by atoms with Crippen molar-refractivity contribution in [3.05, 3.63) is 22.7 Å². The van der Waals surface area contributed by atoms with Gasteiger partial charge < -0.3 is 15.2 Å². The Bertz CT molecular complexity index is 410. The van der Waals surface area contributed by atoms with Gasteiger partial charge in [-0.2, -0.15) is 0 Å². The number of fused-ring (bicyclic) bond motifs is 1. The van der Waals surface area contributed by atoms with E-state index in [2.05, 4.69) is 13.8 Å². The molecule has 0 amide bonds. The average molecular weight is 292 g/mol. The van der Waals surface area contributed by atoms with Crippen molar-refractivity contribution in [2.45, 2.75) is 32.7 Å². The van der Waals surface area contributed by atoms with Crippen molar-refractivity contribution >= 4 is 24.0 Å². The molecule has 5 heteroatoms. The van der Waals surface area contributed by atoms with Crippen molar-refractivity contribution < 1.29 is 9.47 Å². The highest BCUT2D eigenvalue weighted by Gasteiger charge is 2.19. The van der Waals surface area contributed by atoms with Crippen LogP contribution in [0.5, 0.6) is 11.5 Å². The second-order valence-corrected chi connectivity index (χ2v) is 5.21. The SMILES string of the molecule is CC(C)CC[C@@H](N)c1cc2c(cc1Cl)OCO2.Cl. The molecule has 1 heterocycles. The molecule has 0 saturated heterocycles. The van der Waals surface area contributed by atoms with Crippen LogP contribution in [0.15, 0.2) is 12.1 Å². The van der Waals surface area contributed by atoms with Crippen molar-refractivity contribution in [2.75, 3.05) is 6.79 Å². The quantitative estimate of drug-likeness (QED) is 0.914. The molecule has 0 bridgehead atoms. The van der Waals surface area contributed by atoms with Gasteiger partial charge in [-0.05, 0) is 30.4 Å². The van der Waals surface area contributed by atoms with Gasteiger partial charge in [-0.15, -0.1) is 12.4 Å². The predicted octanol–water partition coefficient (Wildman–Crippen LogP) is 3.93. The molecular weight excluding hydrogens is 273 g/mol. The third-order valence-electron chi connectivity index (χ3n) is 2.95. The molecule has 2 rings (SSSR count). The molecule has 0 saturated carbocycles. The summed E-state index contributed by atoms with van der Waals surface area (Å²) in [6.45, 7) is 4.64. The zero-order chi connectivity index (χ0) is 12.4.